The van der Waals surface area contributed by atoms with Crippen molar-refractivity contribution in [2.75, 3.05) is 0 Å². The molecule has 2 unspecified atom stereocenters. The summed E-state index contributed by atoms with van der Waals surface area (Å²) in [6.07, 6.45) is -0.813. The Balaban J connectivity index is 1.69. The van der Waals surface area contributed by atoms with Crippen molar-refractivity contribution in [2.45, 2.75) is 56.6 Å². The molecular formula is C17H20F3NO3. The summed E-state index contributed by atoms with van der Waals surface area (Å²) in [4.78, 5) is 4.21. The predicted octanol–water partition coefficient (Wildman–Crippen LogP) is 3.68. The van der Waals surface area contributed by atoms with E-state index in [1.165, 1.54) is 6.42 Å². The molecule has 2 atom stereocenters. The maximum atomic E-state index is 12.7. The minimum absolute atomic E-state index is 0.0357. The maximum absolute atomic E-state index is 12.7. The second kappa shape index (κ2) is 6.37. The molecule has 1 aromatic rings. The third-order valence-electron chi connectivity index (χ3n) is 4.84. The molecule has 24 heavy (non-hydrogen) atoms. The number of aliphatic hydroxyl groups is 2. The van der Waals surface area contributed by atoms with Crippen LogP contribution in [0.4, 0.5) is 13.2 Å². The van der Waals surface area contributed by atoms with Crippen molar-refractivity contribution >= 4 is 5.71 Å². The predicted molar refractivity (Wildman–Crippen MR) is 81.2 cm³/mol. The quantitative estimate of drug-likeness (QED) is 0.880. The molecule has 7 heteroatoms. The van der Waals surface area contributed by atoms with E-state index in [9.17, 15) is 23.4 Å². The van der Waals surface area contributed by atoms with Crippen LogP contribution in [0.25, 0.3) is 0 Å². The van der Waals surface area contributed by atoms with Gasteiger partial charge in [-0.25, -0.2) is 0 Å². The zero-order chi connectivity index (χ0) is 17.4. The van der Waals surface area contributed by atoms with E-state index in [1.54, 1.807) is 24.3 Å². The smallest absolute Gasteiger partial charge is 0.388 e. The van der Waals surface area contributed by atoms with Crippen LogP contribution < -0.4 is 0 Å². The van der Waals surface area contributed by atoms with E-state index in [0.717, 1.165) is 31.2 Å². The molecule has 0 saturated heterocycles. The molecule has 1 aliphatic heterocycles. The molecule has 1 heterocycles. The summed E-state index contributed by atoms with van der Waals surface area (Å²) in [6, 6.07) is 6.60. The number of hydrogen-bond acceptors (Lipinski definition) is 4. The summed E-state index contributed by atoms with van der Waals surface area (Å²) in [5.41, 5.74) is 1.22. The highest BCUT2D eigenvalue weighted by Crippen LogP contribution is 2.39. The fourth-order valence-electron chi connectivity index (χ4n) is 3.32. The normalized spacial score (nSPS) is 26.8. The van der Waals surface area contributed by atoms with Gasteiger partial charge in [0.2, 0.25) is 0 Å². The van der Waals surface area contributed by atoms with Gasteiger partial charge in [-0.2, -0.15) is 13.2 Å². The summed E-state index contributed by atoms with van der Waals surface area (Å²) in [5, 5.41) is 23.3. The van der Waals surface area contributed by atoms with Crippen molar-refractivity contribution in [1.29, 1.82) is 0 Å². The van der Waals surface area contributed by atoms with Gasteiger partial charge in [-0.3, -0.25) is 0 Å². The van der Waals surface area contributed by atoms with E-state index >= 15 is 0 Å². The number of halogens is 3. The molecule has 2 aliphatic rings. The highest BCUT2D eigenvalue weighted by Gasteiger charge is 2.60. The third-order valence-corrected chi connectivity index (χ3v) is 4.84. The molecule has 1 saturated carbocycles. The van der Waals surface area contributed by atoms with Crippen molar-refractivity contribution in [3.8, 4) is 0 Å². The highest BCUT2D eigenvalue weighted by molar-refractivity contribution is 6.01. The zero-order valence-electron chi connectivity index (χ0n) is 13.1. The highest BCUT2D eigenvalue weighted by atomic mass is 19.4. The first-order valence-corrected chi connectivity index (χ1v) is 8.13. The van der Waals surface area contributed by atoms with Gasteiger partial charge in [0.1, 0.15) is 0 Å². The van der Waals surface area contributed by atoms with Gasteiger partial charge in [0.25, 0.3) is 0 Å². The average molecular weight is 343 g/mol. The topological polar surface area (TPSA) is 62.1 Å². The average Bonchev–Trinajstić information content (AvgIpc) is 2.99. The van der Waals surface area contributed by atoms with Crippen LogP contribution in [0.1, 0.15) is 55.8 Å². The Morgan fingerprint density at radius 3 is 2.29 bits per heavy atom. The molecule has 2 N–H and O–H groups in total. The third kappa shape index (κ3) is 3.28. The number of rotatable bonds is 3. The SMILES string of the molecule is OC(c1ccc(C2=NOC(O)(C(F)(F)F)C2)cc1)C1CCCCC1. The molecular weight excluding hydrogens is 323 g/mol. The maximum Gasteiger partial charge on any atom is 0.458 e. The summed E-state index contributed by atoms with van der Waals surface area (Å²) in [7, 11) is 0. The van der Waals surface area contributed by atoms with Gasteiger partial charge in [-0.05, 0) is 29.9 Å². The van der Waals surface area contributed by atoms with E-state index < -0.39 is 24.5 Å². The van der Waals surface area contributed by atoms with Gasteiger partial charge in [-0.15, -0.1) is 0 Å². The van der Waals surface area contributed by atoms with Crippen LogP contribution >= 0.6 is 0 Å². The Hall–Kier alpha value is -1.60. The monoisotopic (exact) mass is 343 g/mol. The van der Waals surface area contributed by atoms with Crippen LogP contribution in [0.3, 0.4) is 0 Å². The molecule has 3 rings (SSSR count). The van der Waals surface area contributed by atoms with Gasteiger partial charge in [0.05, 0.1) is 18.2 Å². The fraction of sp³-hybridized carbons (Fsp3) is 0.588. The summed E-state index contributed by atoms with van der Waals surface area (Å²) >= 11 is 0. The molecule has 0 aromatic heterocycles. The lowest BCUT2D eigenvalue weighted by Gasteiger charge is -2.26. The van der Waals surface area contributed by atoms with E-state index in [2.05, 4.69) is 9.99 Å². The van der Waals surface area contributed by atoms with Crippen LogP contribution in [0.5, 0.6) is 0 Å². The van der Waals surface area contributed by atoms with Gasteiger partial charge in [0, 0.05) is 0 Å². The molecule has 1 aliphatic carbocycles. The van der Waals surface area contributed by atoms with Gasteiger partial charge < -0.3 is 15.1 Å². The standard InChI is InChI=1S/C17H20F3NO3/c18-17(19,20)16(23)10-14(21-24-16)11-6-8-13(9-7-11)15(22)12-4-2-1-3-5-12/h6-9,12,15,22-23H,1-5,10H2. The van der Waals surface area contributed by atoms with Gasteiger partial charge in [0.15, 0.2) is 0 Å². The zero-order valence-corrected chi connectivity index (χ0v) is 13.1. The summed E-state index contributed by atoms with van der Waals surface area (Å²) in [5.74, 6) is -3.03. The van der Waals surface area contributed by atoms with Crippen molar-refractivity contribution in [1.82, 2.24) is 0 Å². The second-order valence-electron chi connectivity index (χ2n) is 6.55. The number of benzene rings is 1. The van der Waals surface area contributed by atoms with Gasteiger partial charge in [-0.1, -0.05) is 48.7 Å². The first kappa shape index (κ1) is 17.2. The number of aliphatic hydroxyl groups excluding tert-OH is 1. The van der Waals surface area contributed by atoms with Crippen LogP contribution in [0.15, 0.2) is 29.4 Å². The lowest BCUT2D eigenvalue weighted by atomic mass is 9.82. The minimum atomic E-state index is -4.91. The van der Waals surface area contributed by atoms with Crippen LogP contribution in [-0.4, -0.2) is 27.9 Å². The van der Waals surface area contributed by atoms with Crippen LogP contribution in [-0.2, 0) is 4.84 Å². The summed E-state index contributed by atoms with van der Waals surface area (Å²) in [6.45, 7) is 0. The van der Waals surface area contributed by atoms with E-state index in [0.29, 0.717) is 5.56 Å². The number of nitrogens with zero attached hydrogens (tertiary/aromatic N) is 1. The fourth-order valence-corrected chi connectivity index (χ4v) is 3.32. The van der Waals surface area contributed by atoms with Crippen LogP contribution in [0, 0.1) is 5.92 Å². The summed E-state index contributed by atoms with van der Waals surface area (Å²) < 4.78 is 38.2. The molecule has 0 radical (unpaired) electrons. The Morgan fingerprint density at radius 2 is 1.75 bits per heavy atom. The van der Waals surface area contributed by atoms with Crippen molar-refractivity contribution in [3.05, 3.63) is 35.4 Å². The van der Waals surface area contributed by atoms with Crippen molar-refractivity contribution < 1.29 is 28.2 Å². The Bertz CT molecular complexity index is 609. The van der Waals surface area contributed by atoms with Gasteiger partial charge >= 0.3 is 12.0 Å². The first-order chi connectivity index (χ1) is 11.3. The molecule has 0 spiro atoms. The molecule has 1 fully saturated rings. The van der Waals surface area contributed by atoms with E-state index in [-0.39, 0.29) is 11.6 Å². The number of alkyl halides is 3. The molecule has 4 nitrogen and oxygen atoms in total. The Labute approximate surface area is 137 Å². The molecule has 0 bridgehead atoms. The Morgan fingerprint density at radius 1 is 1.12 bits per heavy atom. The van der Waals surface area contributed by atoms with Crippen molar-refractivity contribution in [2.24, 2.45) is 11.1 Å². The lowest BCUT2D eigenvalue weighted by molar-refractivity contribution is -0.355. The molecule has 132 valence electrons. The second-order valence-corrected chi connectivity index (χ2v) is 6.55. The van der Waals surface area contributed by atoms with Crippen LogP contribution in [0.2, 0.25) is 0 Å². The Kier molecular flexibility index (Phi) is 4.57. The van der Waals surface area contributed by atoms with E-state index in [4.69, 9.17) is 0 Å². The van der Waals surface area contributed by atoms with Crippen molar-refractivity contribution in [3.63, 3.8) is 0 Å². The van der Waals surface area contributed by atoms with E-state index in [1.807, 2.05) is 0 Å². The molecule has 0 amide bonds. The number of oxime groups is 1. The lowest BCUT2D eigenvalue weighted by Crippen LogP contribution is -2.45. The number of hydrogen-bond donors (Lipinski definition) is 2. The minimum Gasteiger partial charge on any atom is -0.388 e. The largest absolute Gasteiger partial charge is 0.458 e. The first-order valence-electron chi connectivity index (χ1n) is 8.13. The molecule has 1 aromatic carbocycles.